The average molecular weight is 253 g/mol. The highest BCUT2D eigenvalue weighted by Crippen LogP contribution is 2.50. The summed E-state index contributed by atoms with van der Waals surface area (Å²) in [6, 6.07) is 0.961. The Kier molecular flexibility index (Phi) is 3.85. The van der Waals surface area contributed by atoms with Crippen molar-refractivity contribution in [3.63, 3.8) is 0 Å². The van der Waals surface area contributed by atoms with Crippen LogP contribution >= 0.6 is 0 Å². The van der Waals surface area contributed by atoms with Gasteiger partial charge in [-0.2, -0.15) is 0 Å². The Labute approximate surface area is 111 Å². The van der Waals surface area contributed by atoms with Crippen LogP contribution in [0.25, 0.3) is 0 Å². The Morgan fingerprint density at radius 1 is 1.39 bits per heavy atom. The van der Waals surface area contributed by atoms with Crippen LogP contribution in [0.5, 0.6) is 0 Å². The minimum absolute atomic E-state index is 0.198. The van der Waals surface area contributed by atoms with Crippen molar-refractivity contribution < 1.29 is 4.74 Å². The van der Waals surface area contributed by atoms with E-state index in [1.807, 2.05) is 7.11 Å². The maximum absolute atomic E-state index is 6.12. The van der Waals surface area contributed by atoms with Crippen molar-refractivity contribution in [2.24, 2.45) is 16.1 Å². The first-order chi connectivity index (χ1) is 8.58. The molecule has 2 saturated carbocycles. The molecule has 0 saturated heterocycles. The number of ether oxygens (including phenoxy) is 1. The van der Waals surface area contributed by atoms with Crippen LogP contribution in [-0.2, 0) is 4.74 Å². The molecule has 2 aliphatic carbocycles. The zero-order valence-electron chi connectivity index (χ0n) is 12.1. The molecule has 2 N–H and O–H groups in total. The lowest BCUT2D eigenvalue weighted by Crippen LogP contribution is -2.57. The number of nitrogens with zero attached hydrogens (tertiary/aromatic N) is 2. The molecule has 0 spiro atoms. The van der Waals surface area contributed by atoms with Crippen LogP contribution in [-0.4, -0.2) is 43.2 Å². The Morgan fingerprint density at radius 2 is 2.00 bits per heavy atom. The lowest BCUT2D eigenvalue weighted by molar-refractivity contribution is -0.112. The van der Waals surface area contributed by atoms with Crippen molar-refractivity contribution in [3.8, 4) is 0 Å². The van der Waals surface area contributed by atoms with Crippen molar-refractivity contribution >= 4 is 5.96 Å². The molecule has 2 rings (SSSR count). The molecule has 2 atom stereocenters. The normalized spacial score (nSPS) is 31.0. The van der Waals surface area contributed by atoms with Crippen molar-refractivity contribution in [3.05, 3.63) is 0 Å². The number of methoxy groups -OCH3 is 1. The molecule has 0 aromatic carbocycles. The van der Waals surface area contributed by atoms with E-state index in [1.54, 1.807) is 0 Å². The Hall–Kier alpha value is -0.770. The molecular weight excluding hydrogens is 226 g/mol. The van der Waals surface area contributed by atoms with Gasteiger partial charge in [-0.3, -0.25) is 0 Å². The average Bonchev–Trinajstić information content (AvgIpc) is 3.18. The monoisotopic (exact) mass is 253 g/mol. The van der Waals surface area contributed by atoms with Gasteiger partial charge in [0.2, 0.25) is 0 Å². The summed E-state index contributed by atoms with van der Waals surface area (Å²) >= 11 is 0. The van der Waals surface area contributed by atoms with Crippen molar-refractivity contribution in [2.75, 3.05) is 14.2 Å². The molecule has 0 aromatic heterocycles. The van der Waals surface area contributed by atoms with Crippen molar-refractivity contribution in [2.45, 2.75) is 64.1 Å². The van der Waals surface area contributed by atoms with E-state index >= 15 is 0 Å². The third-order valence-electron chi connectivity index (χ3n) is 5.09. The van der Waals surface area contributed by atoms with Crippen LogP contribution in [0.1, 0.15) is 46.0 Å². The first kappa shape index (κ1) is 13.7. The minimum atomic E-state index is 0.198. The number of rotatable bonds is 5. The second-order valence-corrected chi connectivity index (χ2v) is 5.75. The van der Waals surface area contributed by atoms with E-state index in [1.165, 1.54) is 12.8 Å². The van der Waals surface area contributed by atoms with Crippen LogP contribution in [0.15, 0.2) is 4.99 Å². The van der Waals surface area contributed by atoms with E-state index < -0.39 is 0 Å². The molecule has 2 fully saturated rings. The molecule has 0 aromatic rings. The summed E-state index contributed by atoms with van der Waals surface area (Å²) in [6.45, 7) is 4.47. The molecule has 104 valence electrons. The Bertz CT molecular complexity index is 321. The van der Waals surface area contributed by atoms with E-state index in [0.717, 1.165) is 19.3 Å². The number of hydrogen-bond donors (Lipinski definition) is 1. The SMILES string of the molecule is CCC1(CC)C(N=C(N)N(C)C2CC2)CC1OC. The highest BCUT2D eigenvalue weighted by molar-refractivity contribution is 5.78. The molecule has 0 amide bonds. The molecule has 4 nitrogen and oxygen atoms in total. The predicted molar refractivity (Wildman–Crippen MR) is 74.6 cm³/mol. The smallest absolute Gasteiger partial charge is 0.191 e. The van der Waals surface area contributed by atoms with E-state index in [4.69, 9.17) is 15.5 Å². The summed E-state index contributed by atoms with van der Waals surface area (Å²) < 4.78 is 5.59. The molecule has 0 heterocycles. The van der Waals surface area contributed by atoms with Gasteiger partial charge in [-0.25, -0.2) is 4.99 Å². The highest BCUT2D eigenvalue weighted by atomic mass is 16.5. The van der Waals surface area contributed by atoms with Gasteiger partial charge >= 0.3 is 0 Å². The van der Waals surface area contributed by atoms with Gasteiger partial charge in [0, 0.05) is 25.6 Å². The van der Waals surface area contributed by atoms with Gasteiger partial charge < -0.3 is 15.4 Å². The number of nitrogens with two attached hydrogens (primary N) is 1. The number of hydrogen-bond acceptors (Lipinski definition) is 2. The first-order valence-corrected chi connectivity index (χ1v) is 7.18. The lowest BCUT2D eigenvalue weighted by Gasteiger charge is -2.53. The summed E-state index contributed by atoms with van der Waals surface area (Å²) in [5.41, 5.74) is 6.32. The largest absolute Gasteiger partial charge is 0.381 e. The molecule has 18 heavy (non-hydrogen) atoms. The zero-order valence-corrected chi connectivity index (χ0v) is 12.1. The molecule has 2 aliphatic rings. The fraction of sp³-hybridized carbons (Fsp3) is 0.929. The standard InChI is InChI=1S/C14H27N3O/c1-5-14(6-2)11(9-12(14)18-4)16-13(15)17(3)10-7-8-10/h10-12H,5-9H2,1-4H3,(H2,15,16). The van der Waals surface area contributed by atoms with Crippen molar-refractivity contribution in [1.82, 2.24) is 4.90 Å². The Morgan fingerprint density at radius 3 is 2.44 bits per heavy atom. The van der Waals surface area contributed by atoms with Gasteiger partial charge in [0.1, 0.15) is 0 Å². The molecule has 2 unspecified atom stereocenters. The van der Waals surface area contributed by atoms with E-state index in [-0.39, 0.29) is 5.41 Å². The topological polar surface area (TPSA) is 50.8 Å². The predicted octanol–water partition coefficient (Wildman–Crippen LogP) is 1.99. The van der Waals surface area contributed by atoms with Gasteiger partial charge in [0.05, 0.1) is 12.1 Å². The maximum Gasteiger partial charge on any atom is 0.191 e. The van der Waals surface area contributed by atoms with Gasteiger partial charge in [0.25, 0.3) is 0 Å². The van der Waals surface area contributed by atoms with Crippen molar-refractivity contribution in [1.29, 1.82) is 0 Å². The number of guanidine groups is 1. The highest BCUT2D eigenvalue weighted by Gasteiger charge is 2.53. The summed E-state index contributed by atoms with van der Waals surface area (Å²) in [4.78, 5) is 6.91. The molecule has 0 bridgehead atoms. The van der Waals surface area contributed by atoms with Crippen LogP contribution in [0.2, 0.25) is 0 Å². The second-order valence-electron chi connectivity index (χ2n) is 5.75. The lowest BCUT2D eigenvalue weighted by atomic mass is 9.59. The first-order valence-electron chi connectivity index (χ1n) is 7.18. The van der Waals surface area contributed by atoms with Crippen LogP contribution < -0.4 is 5.73 Å². The van der Waals surface area contributed by atoms with Crippen LogP contribution in [0.4, 0.5) is 0 Å². The van der Waals surface area contributed by atoms with E-state index in [9.17, 15) is 0 Å². The van der Waals surface area contributed by atoms with Gasteiger partial charge in [-0.15, -0.1) is 0 Å². The Balaban J connectivity index is 2.06. The maximum atomic E-state index is 6.12. The quantitative estimate of drug-likeness (QED) is 0.602. The summed E-state index contributed by atoms with van der Waals surface area (Å²) in [7, 11) is 3.87. The third kappa shape index (κ3) is 2.11. The van der Waals surface area contributed by atoms with Gasteiger partial charge in [-0.05, 0) is 32.1 Å². The molecule has 0 radical (unpaired) electrons. The second kappa shape index (κ2) is 5.08. The van der Waals surface area contributed by atoms with Crippen LogP contribution in [0.3, 0.4) is 0 Å². The van der Waals surface area contributed by atoms with Gasteiger partial charge in [-0.1, -0.05) is 13.8 Å². The molecular formula is C14H27N3O. The third-order valence-corrected chi connectivity index (χ3v) is 5.09. The molecule has 0 aliphatic heterocycles. The van der Waals surface area contributed by atoms with Crippen LogP contribution in [0, 0.1) is 5.41 Å². The summed E-state index contributed by atoms with van der Waals surface area (Å²) in [5.74, 6) is 0.711. The van der Waals surface area contributed by atoms with E-state index in [2.05, 4.69) is 25.8 Å². The summed E-state index contributed by atoms with van der Waals surface area (Å²) in [6.07, 6.45) is 6.08. The van der Waals surface area contributed by atoms with E-state index in [0.29, 0.717) is 24.1 Å². The fourth-order valence-corrected chi connectivity index (χ4v) is 3.31. The number of aliphatic imine (C=N–C) groups is 1. The van der Waals surface area contributed by atoms with Gasteiger partial charge in [0.15, 0.2) is 5.96 Å². The minimum Gasteiger partial charge on any atom is -0.381 e. The summed E-state index contributed by atoms with van der Waals surface area (Å²) in [5, 5.41) is 0. The fourth-order valence-electron chi connectivity index (χ4n) is 3.31. The molecule has 4 heteroatoms. The zero-order chi connectivity index (χ0) is 13.3.